The van der Waals surface area contributed by atoms with Crippen LogP contribution in [0.2, 0.25) is 0 Å². The first kappa shape index (κ1) is 29.9. The van der Waals surface area contributed by atoms with Gasteiger partial charge in [-0.3, -0.25) is 4.79 Å². The van der Waals surface area contributed by atoms with Crippen molar-refractivity contribution in [2.45, 2.75) is 156 Å². The first-order valence-electron chi connectivity index (χ1n) is 14.5. The molecule has 0 N–H and O–H groups in total. The Morgan fingerprint density at radius 3 is 1.88 bits per heavy atom. The van der Waals surface area contributed by atoms with Gasteiger partial charge in [0.15, 0.2) is 0 Å². The first-order chi connectivity index (χ1) is 16.0. The highest BCUT2D eigenvalue weighted by molar-refractivity contribution is 5.77. The molecule has 1 rings (SSSR count). The molecule has 1 aliphatic carbocycles. The van der Waals surface area contributed by atoms with Gasteiger partial charge >= 0.3 is 0 Å². The lowest BCUT2D eigenvalue weighted by molar-refractivity contribution is -0.118. The lowest BCUT2D eigenvalue weighted by atomic mass is 9.87. The number of carbonyl (C=O) groups excluding carboxylic acids is 1. The van der Waals surface area contributed by atoms with E-state index in [0.717, 1.165) is 25.2 Å². The molecule has 0 amide bonds. The molecule has 0 spiro atoms. The van der Waals surface area contributed by atoms with Crippen LogP contribution in [0.5, 0.6) is 0 Å². The van der Waals surface area contributed by atoms with Gasteiger partial charge in [-0.25, -0.2) is 0 Å². The summed E-state index contributed by atoms with van der Waals surface area (Å²) in [6.45, 7) is 8.97. The second-order valence-corrected chi connectivity index (χ2v) is 10.7. The molecule has 0 saturated carbocycles. The Morgan fingerprint density at radius 2 is 1.27 bits per heavy atom. The minimum Gasteiger partial charge on any atom is -0.300 e. The number of hydrogen-bond acceptors (Lipinski definition) is 1. The van der Waals surface area contributed by atoms with Crippen LogP contribution < -0.4 is 0 Å². The smallest absolute Gasteiger partial charge is 0.132 e. The van der Waals surface area contributed by atoms with Gasteiger partial charge in [0, 0.05) is 12.8 Å². The van der Waals surface area contributed by atoms with Crippen LogP contribution in [0, 0.1) is 5.92 Å². The van der Waals surface area contributed by atoms with E-state index in [1.54, 1.807) is 16.7 Å². The van der Waals surface area contributed by atoms with E-state index >= 15 is 0 Å². The van der Waals surface area contributed by atoms with Gasteiger partial charge in [-0.1, -0.05) is 113 Å². The van der Waals surface area contributed by atoms with Gasteiger partial charge in [0.1, 0.15) is 5.78 Å². The van der Waals surface area contributed by atoms with E-state index in [4.69, 9.17) is 0 Å². The van der Waals surface area contributed by atoms with Crippen LogP contribution in [0.25, 0.3) is 0 Å². The van der Waals surface area contributed by atoms with E-state index < -0.39 is 0 Å². The van der Waals surface area contributed by atoms with Crippen molar-refractivity contribution in [2.75, 3.05) is 0 Å². The average molecular weight is 457 g/mol. The SMILES string of the molecule is CCC(=O)CCCCCCCCCCCCCCC1CC/C(C)=C\CC/C(C)=C\CC=C1C. The standard InChI is InChI=1S/C32H56O/c1-5-32(33)25-17-15-13-11-9-7-6-8-10-12-14-16-24-31-27-26-29(3)21-18-20-28(2)22-19-23-30(31)4/h21-23,31H,5-20,24-27H2,1-4H3/b28-22-,29-21-,30-23?. The van der Waals surface area contributed by atoms with E-state index in [0.29, 0.717) is 12.2 Å². The summed E-state index contributed by atoms with van der Waals surface area (Å²) in [6, 6.07) is 0. The van der Waals surface area contributed by atoms with Crippen LogP contribution in [-0.4, -0.2) is 5.78 Å². The fraction of sp³-hybridized carbons (Fsp3) is 0.781. The number of carbonyl (C=O) groups is 1. The van der Waals surface area contributed by atoms with Gasteiger partial charge in [-0.2, -0.15) is 0 Å². The van der Waals surface area contributed by atoms with Crippen molar-refractivity contribution in [3.63, 3.8) is 0 Å². The van der Waals surface area contributed by atoms with Crippen LogP contribution in [0.4, 0.5) is 0 Å². The first-order valence-corrected chi connectivity index (χ1v) is 14.5. The fourth-order valence-corrected chi connectivity index (χ4v) is 5.02. The number of rotatable bonds is 16. The molecule has 190 valence electrons. The van der Waals surface area contributed by atoms with E-state index in [2.05, 4.69) is 39.0 Å². The summed E-state index contributed by atoms with van der Waals surface area (Å²) < 4.78 is 0. The van der Waals surface area contributed by atoms with Crippen molar-refractivity contribution in [2.24, 2.45) is 5.92 Å². The molecule has 33 heavy (non-hydrogen) atoms. The normalized spacial score (nSPS) is 21.2. The summed E-state index contributed by atoms with van der Waals surface area (Å²) >= 11 is 0. The minimum atomic E-state index is 0.433. The van der Waals surface area contributed by atoms with Crippen molar-refractivity contribution in [3.8, 4) is 0 Å². The molecular weight excluding hydrogens is 400 g/mol. The second kappa shape index (κ2) is 20.3. The second-order valence-electron chi connectivity index (χ2n) is 10.7. The number of hydrogen-bond donors (Lipinski definition) is 0. The van der Waals surface area contributed by atoms with E-state index in [-0.39, 0.29) is 0 Å². The number of allylic oxidation sites excluding steroid dienone is 6. The molecule has 1 aliphatic rings. The van der Waals surface area contributed by atoms with Crippen LogP contribution in [0.15, 0.2) is 34.9 Å². The molecule has 0 heterocycles. The molecule has 0 bridgehead atoms. The number of unbranched alkanes of at least 4 members (excludes halogenated alkanes) is 11. The molecular formula is C32H56O. The predicted molar refractivity (Wildman–Crippen MR) is 148 cm³/mol. The number of ketones is 1. The van der Waals surface area contributed by atoms with Gasteiger partial charge in [0.05, 0.1) is 0 Å². The molecule has 0 saturated heterocycles. The quantitative estimate of drug-likeness (QED) is 0.167. The zero-order valence-electron chi connectivity index (χ0n) is 22.9. The Kier molecular flexibility index (Phi) is 18.4. The zero-order chi connectivity index (χ0) is 24.2. The van der Waals surface area contributed by atoms with Crippen molar-refractivity contribution in [1.29, 1.82) is 0 Å². The molecule has 1 nitrogen and oxygen atoms in total. The van der Waals surface area contributed by atoms with E-state index in [9.17, 15) is 4.79 Å². The van der Waals surface area contributed by atoms with E-state index in [1.165, 1.54) is 103 Å². The Bertz CT molecular complexity index is 592. The molecule has 0 radical (unpaired) electrons. The lowest BCUT2D eigenvalue weighted by Gasteiger charge is -2.19. The van der Waals surface area contributed by atoms with Crippen molar-refractivity contribution in [3.05, 3.63) is 34.9 Å². The van der Waals surface area contributed by atoms with Gasteiger partial charge in [-0.15, -0.1) is 0 Å². The largest absolute Gasteiger partial charge is 0.300 e. The maximum absolute atomic E-state index is 11.3. The summed E-state index contributed by atoms with van der Waals surface area (Å²) in [5, 5.41) is 0. The van der Waals surface area contributed by atoms with Crippen LogP contribution >= 0.6 is 0 Å². The Hall–Kier alpha value is -1.11. The maximum Gasteiger partial charge on any atom is 0.132 e. The molecule has 0 aromatic rings. The molecule has 1 heteroatoms. The molecule has 0 aromatic heterocycles. The van der Waals surface area contributed by atoms with E-state index in [1.807, 2.05) is 6.92 Å². The topological polar surface area (TPSA) is 17.1 Å². The third-order valence-corrected chi connectivity index (χ3v) is 7.62. The third kappa shape index (κ3) is 17.0. The summed E-state index contributed by atoms with van der Waals surface area (Å²) in [7, 11) is 0. The summed E-state index contributed by atoms with van der Waals surface area (Å²) in [5.41, 5.74) is 4.76. The van der Waals surface area contributed by atoms with Gasteiger partial charge in [-0.05, 0) is 71.6 Å². The highest BCUT2D eigenvalue weighted by Crippen LogP contribution is 2.27. The van der Waals surface area contributed by atoms with Gasteiger partial charge in [0.25, 0.3) is 0 Å². The maximum atomic E-state index is 11.3. The Balaban J connectivity index is 2.08. The van der Waals surface area contributed by atoms with Crippen molar-refractivity contribution >= 4 is 5.78 Å². The third-order valence-electron chi connectivity index (χ3n) is 7.62. The lowest BCUT2D eigenvalue weighted by Crippen LogP contribution is -2.03. The highest BCUT2D eigenvalue weighted by Gasteiger charge is 2.11. The molecule has 1 atom stereocenters. The monoisotopic (exact) mass is 456 g/mol. The Morgan fingerprint density at radius 1 is 0.727 bits per heavy atom. The van der Waals surface area contributed by atoms with Crippen LogP contribution in [-0.2, 0) is 4.79 Å². The summed E-state index contributed by atoms with van der Waals surface area (Å²) in [5.74, 6) is 1.21. The number of Topliss-reactive ketones (excluding diaryl/α,β-unsaturated/α-hetero) is 1. The summed E-state index contributed by atoms with van der Waals surface area (Å²) in [6.07, 6.45) is 32.8. The molecule has 0 aliphatic heterocycles. The molecule has 0 aromatic carbocycles. The van der Waals surface area contributed by atoms with Crippen molar-refractivity contribution in [1.82, 2.24) is 0 Å². The summed E-state index contributed by atoms with van der Waals surface area (Å²) in [4.78, 5) is 11.3. The Labute approximate surface area is 207 Å². The van der Waals surface area contributed by atoms with Gasteiger partial charge < -0.3 is 0 Å². The molecule has 0 fully saturated rings. The molecule has 1 unspecified atom stereocenters. The van der Waals surface area contributed by atoms with Gasteiger partial charge in [0.2, 0.25) is 0 Å². The zero-order valence-corrected chi connectivity index (χ0v) is 22.9. The predicted octanol–water partition coefficient (Wildman–Crippen LogP) is 10.8. The fourth-order valence-electron chi connectivity index (χ4n) is 5.02. The van der Waals surface area contributed by atoms with Crippen LogP contribution in [0.3, 0.4) is 0 Å². The average Bonchev–Trinajstić information content (AvgIpc) is 2.80. The minimum absolute atomic E-state index is 0.433. The van der Waals surface area contributed by atoms with Crippen LogP contribution in [0.1, 0.15) is 156 Å². The highest BCUT2D eigenvalue weighted by atomic mass is 16.1. The van der Waals surface area contributed by atoms with Crippen molar-refractivity contribution < 1.29 is 4.79 Å².